The normalized spacial score (nSPS) is 17.0. The molecule has 0 aliphatic carbocycles. The summed E-state index contributed by atoms with van der Waals surface area (Å²) in [7, 11) is 0. The Kier molecular flexibility index (Phi) is 4.16. The second kappa shape index (κ2) is 4.14. The molecule has 1 unspecified atom stereocenters. The van der Waals surface area contributed by atoms with Crippen molar-refractivity contribution in [3.63, 3.8) is 0 Å². The van der Waals surface area contributed by atoms with E-state index in [4.69, 9.17) is 0 Å². The number of halogens is 10. The summed E-state index contributed by atoms with van der Waals surface area (Å²) in [5.74, 6) is 0. The average Bonchev–Trinajstić information content (AvgIpc) is 1.76. The van der Waals surface area contributed by atoms with Crippen LogP contribution in [0.4, 0.5) is 39.5 Å². The first-order chi connectivity index (χ1) is 6.28. The lowest BCUT2D eigenvalue weighted by molar-refractivity contribution is -0.406. The third kappa shape index (κ3) is 4.20. The zero-order chi connectivity index (χ0) is 12.7. The van der Waals surface area contributed by atoms with Crippen LogP contribution in [0.1, 0.15) is 0 Å². The van der Waals surface area contributed by atoms with Gasteiger partial charge < -0.3 is 0 Å². The van der Waals surface area contributed by atoms with E-state index in [1.807, 2.05) is 0 Å². The number of hydrogen-bond donors (Lipinski definition) is 0. The van der Waals surface area contributed by atoms with Crippen molar-refractivity contribution in [2.75, 3.05) is 0 Å². The predicted octanol–water partition coefficient (Wildman–Crippen LogP) is 3.65. The molecule has 0 aromatic carbocycles. The van der Waals surface area contributed by atoms with E-state index in [1.54, 1.807) is 0 Å². The fourth-order valence-corrected chi connectivity index (χ4v) is 0.826. The van der Waals surface area contributed by atoms with Crippen LogP contribution in [0.2, 0.25) is 0 Å². The first-order valence-electron chi connectivity index (χ1n) is 2.91. The van der Waals surface area contributed by atoms with E-state index in [1.165, 1.54) is 0 Å². The maximum Gasteiger partial charge on any atom is 0.469 e. The van der Waals surface area contributed by atoms with Crippen LogP contribution in [0.25, 0.3) is 0 Å². The van der Waals surface area contributed by atoms with E-state index in [9.17, 15) is 39.5 Å². The number of rotatable bonds is 2. The topological polar surface area (TPSA) is 3.24 Å². The molecular weight excluding hydrogens is 360 g/mol. The van der Waals surface area contributed by atoms with Crippen molar-refractivity contribution in [1.29, 1.82) is 0 Å². The molecule has 0 saturated carbocycles. The first-order valence-corrected chi connectivity index (χ1v) is 3.99. The molecular formula is C4HF9IN. The lowest BCUT2D eigenvalue weighted by Gasteiger charge is -2.31. The van der Waals surface area contributed by atoms with Crippen molar-refractivity contribution >= 4 is 22.6 Å². The van der Waals surface area contributed by atoms with Gasteiger partial charge in [-0.1, -0.05) is 4.90 Å². The predicted molar refractivity (Wildman–Crippen MR) is 37.8 cm³/mol. The Morgan fingerprint density at radius 1 is 0.800 bits per heavy atom. The third-order valence-corrected chi connectivity index (χ3v) is 1.56. The van der Waals surface area contributed by atoms with E-state index in [-0.39, 0.29) is 22.6 Å². The molecule has 0 aromatic rings. The SMILES string of the molecule is FC(N(C(F)(F)F)C(F)(F)F)C(F)(F)I. The second-order valence-corrected chi connectivity index (χ2v) is 3.62. The fourth-order valence-electron chi connectivity index (χ4n) is 0.547. The van der Waals surface area contributed by atoms with Crippen LogP contribution in [0, 0.1) is 0 Å². The number of hydrogen-bond acceptors (Lipinski definition) is 1. The summed E-state index contributed by atoms with van der Waals surface area (Å²) in [5.41, 5.74) is 0. The Hall–Kier alpha value is 0.0600. The van der Waals surface area contributed by atoms with Crippen LogP contribution in [-0.4, -0.2) is 27.7 Å². The van der Waals surface area contributed by atoms with Gasteiger partial charge in [0, 0.05) is 22.6 Å². The molecule has 15 heavy (non-hydrogen) atoms. The molecule has 0 rings (SSSR count). The van der Waals surface area contributed by atoms with Gasteiger partial charge in [0.2, 0.25) is 6.30 Å². The molecule has 0 bridgehead atoms. The van der Waals surface area contributed by atoms with Crippen LogP contribution < -0.4 is 0 Å². The van der Waals surface area contributed by atoms with Crippen LogP contribution in [0.5, 0.6) is 0 Å². The molecule has 0 aromatic heterocycles. The molecule has 0 heterocycles. The van der Waals surface area contributed by atoms with E-state index in [2.05, 4.69) is 0 Å². The fraction of sp³-hybridized carbons (Fsp3) is 1.00. The highest BCUT2D eigenvalue weighted by Gasteiger charge is 2.63. The summed E-state index contributed by atoms with van der Waals surface area (Å²) in [6.07, 6.45) is -17.1. The first kappa shape index (κ1) is 15.1. The van der Waals surface area contributed by atoms with E-state index in [0.29, 0.717) is 0 Å². The Bertz CT molecular complexity index is 200. The quantitative estimate of drug-likeness (QED) is 0.314. The highest BCUT2D eigenvalue weighted by atomic mass is 127. The van der Waals surface area contributed by atoms with Gasteiger partial charge in [-0.25, -0.2) is 4.39 Å². The molecule has 92 valence electrons. The van der Waals surface area contributed by atoms with Gasteiger partial charge in [-0.05, 0) is 0 Å². The lowest BCUT2D eigenvalue weighted by atomic mass is 10.5. The zero-order valence-electron chi connectivity index (χ0n) is 6.30. The van der Waals surface area contributed by atoms with E-state index in [0.717, 1.165) is 0 Å². The third-order valence-electron chi connectivity index (χ3n) is 1.04. The van der Waals surface area contributed by atoms with Gasteiger partial charge in [0.25, 0.3) is 0 Å². The maximum absolute atomic E-state index is 12.3. The smallest absolute Gasteiger partial charge is 0.222 e. The summed E-state index contributed by atoms with van der Waals surface area (Å²) in [4.78, 5) is -2.80. The average molecular weight is 361 g/mol. The summed E-state index contributed by atoms with van der Waals surface area (Å²) in [6.45, 7) is 0. The van der Waals surface area contributed by atoms with Gasteiger partial charge in [-0.2, -0.15) is 35.1 Å². The minimum absolute atomic E-state index is 0.152. The van der Waals surface area contributed by atoms with Gasteiger partial charge in [0.05, 0.1) is 0 Å². The van der Waals surface area contributed by atoms with Crippen LogP contribution in [0.3, 0.4) is 0 Å². The molecule has 0 N–H and O–H groups in total. The van der Waals surface area contributed by atoms with Crippen LogP contribution >= 0.6 is 22.6 Å². The molecule has 0 fully saturated rings. The summed E-state index contributed by atoms with van der Waals surface area (Å²) >= 11 is -0.152. The molecule has 0 saturated heterocycles. The van der Waals surface area contributed by atoms with Gasteiger partial charge in [0.15, 0.2) is 0 Å². The largest absolute Gasteiger partial charge is 0.469 e. The van der Waals surface area contributed by atoms with Gasteiger partial charge in [-0.3, -0.25) is 0 Å². The molecule has 0 radical (unpaired) electrons. The van der Waals surface area contributed by atoms with Crippen molar-refractivity contribution < 1.29 is 39.5 Å². The zero-order valence-corrected chi connectivity index (χ0v) is 8.46. The van der Waals surface area contributed by atoms with Crippen molar-refractivity contribution in [2.24, 2.45) is 0 Å². The summed E-state index contributed by atoms with van der Waals surface area (Å²) in [6, 6.07) is 0. The molecule has 0 aliphatic heterocycles. The highest BCUT2D eigenvalue weighted by Crippen LogP contribution is 2.42. The molecule has 0 amide bonds. The molecule has 0 spiro atoms. The van der Waals surface area contributed by atoms with Crippen LogP contribution in [0.15, 0.2) is 0 Å². The van der Waals surface area contributed by atoms with E-state index < -0.39 is 27.7 Å². The Morgan fingerprint density at radius 2 is 1.07 bits per heavy atom. The lowest BCUT2D eigenvalue weighted by Crippen LogP contribution is -2.56. The van der Waals surface area contributed by atoms with Crippen molar-refractivity contribution in [1.82, 2.24) is 4.90 Å². The van der Waals surface area contributed by atoms with Crippen molar-refractivity contribution in [3.8, 4) is 0 Å². The molecule has 0 aliphatic rings. The van der Waals surface area contributed by atoms with Crippen molar-refractivity contribution in [2.45, 2.75) is 22.8 Å². The summed E-state index contributed by atoms with van der Waals surface area (Å²) < 4.78 is 101. The molecule has 1 nitrogen and oxygen atoms in total. The van der Waals surface area contributed by atoms with Gasteiger partial charge in [0.1, 0.15) is 0 Å². The van der Waals surface area contributed by atoms with Gasteiger partial charge in [-0.15, -0.1) is 0 Å². The number of alkyl halides is 10. The monoisotopic (exact) mass is 361 g/mol. The van der Waals surface area contributed by atoms with Crippen molar-refractivity contribution in [3.05, 3.63) is 0 Å². The minimum atomic E-state index is -6.27. The van der Waals surface area contributed by atoms with Gasteiger partial charge >= 0.3 is 16.5 Å². The number of nitrogens with zero attached hydrogens (tertiary/aromatic N) is 1. The summed E-state index contributed by atoms with van der Waals surface area (Å²) in [5, 5.41) is 0. The molecule has 1 atom stereocenters. The van der Waals surface area contributed by atoms with E-state index >= 15 is 0 Å². The highest BCUT2D eigenvalue weighted by molar-refractivity contribution is 14.1. The molecule has 11 heteroatoms. The maximum atomic E-state index is 12.3. The standard InChI is InChI=1S/C4HF9IN/c5-1(2(6,7)14)15(3(8,9)10)4(11,12)13/h1H. The Balaban J connectivity index is 5.16. The van der Waals surface area contributed by atoms with Crippen LogP contribution in [-0.2, 0) is 0 Å². The minimum Gasteiger partial charge on any atom is -0.222 e. The second-order valence-electron chi connectivity index (χ2n) is 2.18. The Labute approximate surface area is 90.3 Å². The Morgan fingerprint density at radius 3 is 1.13 bits per heavy atom.